The lowest BCUT2D eigenvalue weighted by atomic mass is 9.73. The summed E-state index contributed by atoms with van der Waals surface area (Å²) in [7, 11) is 0. The zero-order valence-electron chi connectivity index (χ0n) is 19.9. The summed E-state index contributed by atoms with van der Waals surface area (Å²) >= 11 is 8.17. The molecule has 36 heavy (non-hydrogen) atoms. The molecule has 2 aliphatic rings. The van der Waals surface area contributed by atoms with Crippen LogP contribution in [0.15, 0.2) is 64.8 Å². The zero-order chi connectivity index (χ0) is 24.7. The summed E-state index contributed by atoms with van der Waals surface area (Å²) in [6, 6.07) is 13.9. The summed E-state index contributed by atoms with van der Waals surface area (Å²) in [6.45, 7) is 4.63. The van der Waals surface area contributed by atoms with Crippen LogP contribution in [0.25, 0.3) is 11.0 Å². The smallest absolute Gasteiger partial charge is 0.300 e. The number of aromatic nitrogens is 4. The van der Waals surface area contributed by atoms with Gasteiger partial charge in [0.05, 0.1) is 35.6 Å². The second-order valence-electron chi connectivity index (χ2n) is 9.44. The van der Waals surface area contributed by atoms with E-state index in [9.17, 15) is 0 Å². The Kier molecular flexibility index (Phi) is 6.25. The van der Waals surface area contributed by atoms with Gasteiger partial charge in [-0.3, -0.25) is 0 Å². The summed E-state index contributed by atoms with van der Waals surface area (Å²) in [4.78, 5) is 20.2. The third-order valence-corrected chi connectivity index (χ3v) is 8.73. The van der Waals surface area contributed by atoms with Gasteiger partial charge in [0.15, 0.2) is 0 Å². The number of benzene rings is 2. The predicted octanol–water partition coefficient (Wildman–Crippen LogP) is 5.28. The molecule has 0 saturated carbocycles. The standard InChI is InChI=1S/C26H27ClN6O2S/c1-16-24(28)26(15-34-16)9-11-33(12-10-26)20-13-30-21(14-29-20)36-19-8-7-18-23(22(19)27)32-25(31-18)35-17-5-3-2-4-6-17/h2-8,13-14,16,24H,9-12,15,28H2,1H3,(H,31,32)/t16-,24+/m0/s1. The van der Waals surface area contributed by atoms with E-state index in [0.29, 0.717) is 22.3 Å². The normalized spacial score (nSPS) is 21.4. The second-order valence-corrected chi connectivity index (χ2v) is 10.9. The number of nitrogens with two attached hydrogens (primary N) is 1. The number of piperidine rings is 1. The topological polar surface area (TPSA) is 102 Å². The van der Waals surface area contributed by atoms with Gasteiger partial charge < -0.3 is 25.1 Å². The van der Waals surface area contributed by atoms with Gasteiger partial charge in [0.1, 0.15) is 22.1 Å². The first-order chi connectivity index (χ1) is 17.5. The van der Waals surface area contributed by atoms with Crippen molar-refractivity contribution >= 4 is 40.2 Å². The lowest BCUT2D eigenvalue weighted by Gasteiger charge is -2.41. The third-order valence-electron chi connectivity index (χ3n) is 7.25. The molecule has 6 rings (SSSR count). The van der Waals surface area contributed by atoms with E-state index in [2.05, 4.69) is 31.8 Å². The van der Waals surface area contributed by atoms with Crippen LogP contribution in [0.2, 0.25) is 5.02 Å². The fourth-order valence-corrected chi connectivity index (χ4v) is 6.10. The van der Waals surface area contributed by atoms with E-state index >= 15 is 0 Å². The van der Waals surface area contributed by atoms with Gasteiger partial charge in [-0.25, -0.2) is 9.97 Å². The highest BCUT2D eigenvalue weighted by atomic mass is 35.5. The molecule has 0 aliphatic carbocycles. The number of ether oxygens (including phenoxy) is 2. The maximum atomic E-state index is 6.71. The number of nitrogens with zero attached hydrogens (tertiary/aromatic N) is 4. The monoisotopic (exact) mass is 522 g/mol. The quantitative estimate of drug-likeness (QED) is 0.365. The first-order valence-electron chi connectivity index (χ1n) is 12.0. The van der Waals surface area contributed by atoms with Crippen LogP contribution < -0.4 is 15.4 Å². The Morgan fingerprint density at radius 2 is 1.94 bits per heavy atom. The third kappa shape index (κ3) is 4.41. The highest BCUT2D eigenvalue weighted by Gasteiger charge is 2.47. The molecule has 0 amide bonds. The van der Waals surface area contributed by atoms with Gasteiger partial charge >= 0.3 is 0 Å². The molecule has 2 saturated heterocycles. The first-order valence-corrected chi connectivity index (χ1v) is 13.2. The molecule has 186 valence electrons. The Bertz CT molecular complexity index is 1360. The number of aromatic amines is 1. The van der Waals surface area contributed by atoms with E-state index < -0.39 is 0 Å². The van der Waals surface area contributed by atoms with Crippen molar-refractivity contribution in [2.45, 2.75) is 41.8 Å². The van der Waals surface area contributed by atoms with Crippen molar-refractivity contribution in [1.82, 2.24) is 19.9 Å². The largest absolute Gasteiger partial charge is 0.426 e. The van der Waals surface area contributed by atoms with Crippen molar-refractivity contribution in [2.75, 3.05) is 24.6 Å². The Morgan fingerprint density at radius 1 is 1.14 bits per heavy atom. The van der Waals surface area contributed by atoms with E-state index in [4.69, 9.17) is 26.8 Å². The van der Waals surface area contributed by atoms with Gasteiger partial charge in [-0.05, 0) is 44.0 Å². The summed E-state index contributed by atoms with van der Waals surface area (Å²) in [5.74, 6) is 1.58. The summed E-state index contributed by atoms with van der Waals surface area (Å²) in [5, 5.41) is 1.32. The minimum Gasteiger partial charge on any atom is -0.426 e. The Morgan fingerprint density at radius 3 is 2.64 bits per heavy atom. The summed E-state index contributed by atoms with van der Waals surface area (Å²) in [6.07, 6.45) is 5.77. The summed E-state index contributed by atoms with van der Waals surface area (Å²) in [5.41, 5.74) is 8.00. The van der Waals surface area contributed by atoms with Crippen molar-refractivity contribution in [3.05, 3.63) is 59.9 Å². The van der Waals surface area contributed by atoms with Crippen molar-refractivity contribution in [3.8, 4) is 11.8 Å². The van der Waals surface area contributed by atoms with Crippen LogP contribution in [0.4, 0.5) is 5.82 Å². The molecule has 8 nitrogen and oxygen atoms in total. The average Bonchev–Trinajstić information content (AvgIpc) is 3.44. The SMILES string of the molecule is C[C@@H]1OCC2(CCN(c3cnc(Sc4ccc5[nH]c(Oc6ccccc6)nc5c4Cl)cn3)CC2)[C@@H]1N. The number of halogens is 1. The number of fused-ring (bicyclic) bond motifs is 1. The number of H-pyrrole nitrogens is 1. The van der Waals surface area contributed by atoms with Crippen LogP contribution in [-0.4, -0.2) is 51.8 Å². The van der Waals surface area contributed by atoms with Gasteiger partial charge in [0.2, 0.25) is 0 Å². The van der Waals surface area contributed by atoms with Gasteiger partial charge in [-0.2, -0.15) is 4.98 Å². The van der Waals surface area contributed by atoms with E-state index in [0.717, 1.165) is 53.8 Å². The molecule has 2 fully saturated rings. The molecular formula is C26H27ClN6O2S. The van der Waals surface area contributed by atoms with E-state index in [1.807, 2.05) is 48.7 Å². The lowest BCUT2D eigenvalue weighted by Crippen LogP contribution is -2.50. The average molecular weight is 523 g/mol. The first kappa shape index (κ1) is 23.5. The molecule has 2 aromatic heterocycles. The molecule has 3 N–H and O–H groups in total. The number of hydrogen-bond donors (Lipinski definition) is 2. The number of para-hydroxylation sites is 1. The van der Waals surface area contributed by atoms with Gasteiger partial charge in [-0.15, -0.1) is 0 Å². The van der Waals surface area contributed by atoms with Crippen LogP contribution >= 0.6 is 23.4 Å². The maximum Gasteiger partial charge on any atom is 0.300 e. The molecule has 0 unspecified atom stereocenters. The van der Waals surface area contributed by atoms with E-state index in [-0.39, 0.29) is 17.6 Å². The van der Waals surface area contributed by atoms with Crippen molar-refractivity contribution in [1.29, 1.82) is 0 Å². The van der Waals surface area contributed by atoms with Crippen LogP contribution in [0.3, 0.4) is 0 Å². The lowest BCUT2D eigenvalue weighted by molar-refractivity contribution is 0.0974. The maximum absolute atomic E-state index is 6.71. The molecule has 1 spiro atoms. The molecule has 4 aromatic rings. The Hall–Kier alpha value is -2.85. The van der Waals surface area contributed by atoms with Gasteiger partial charge in [-0.1, -0.05) is 41.6 Å². The fraction of sp³-hybridized carbons (Fsp3) is 0.346. The van der Waals surface area contributed by atoms with Crippen molar-refractivity contribution < 1.29 is 9.47 Å². The summed E-state index contributed by atoms with van der Waals surface area (Å²) < 4.78 is 11.7. The van der Waals surface area contributed by atoms with Gasteiger partial charge in [0.25, 0.3) is 6.01 Å². The van der Waals surface area contributed by atoms with Crippen LogP contribution in [0.5, 0.6) is 11.8 Å². The van der Waals surface area contributed by atoms with Crippen LogP contribution in [0.1, 0.15) is 19.8 Å². The van der Waals surface area contributed by atoms with E-state index in [1.54, 1.807) is 6.20 Å². The highest BCUT2D eigenvalue weighted by molar-refractivity contribution is 7.99. The Labute approximate surface area is 218 Å². The fourth-order valence-electron chi connectivity index (χ4n) is 5.02. The zero-order valence-corrected chi connectivity index (χ0v) is 21.4. The van der Waals surface area contributed by atoms with Crippen LogP contribution in [-0.2, 0) is 4.74 Å². The van der Waals surface area contributed by atoms with Crippen LogP contribution in [0, 0.1) is 5.41 Å². The molecule has 4 heterocycles. The second kappa shape index (κ2) is 9.55. The minimum absolute atomic E-state index is 0.0901. The molecular weight excluding hydrogens is 496 g/mol. The molecule has 2 atom stereocenters. The molecule has 0 radical (unpaired) electrons. The number of rotatable bonds is 5. The highest BCUT2D eigenvalue weighted by Crippen LogP contribution is 2.42. The molecule has 2 aliphatic heterocycles. The van der Waals surface area contributed by atoms with Crippen molar-refractivity contribution in [2.24, 2.45) is 11.1 Å². The number of nitrogens with one attached hydrogen (secondary N) is 1. The molecule has 10 heteroatoms. The van der Waals surface area contributed by atoms with E-state index in [1.165, 1.54) is 11.8 Å². The Balaban J connectivity index is 1.13. The molecule has 2 aromatic carbocycles. The predicted molar refractivity (Wildman–Crippen MR) is 141 cm³/mol. The van der Waals surface area contributed by atoms with Crippen molar-refractivity contribution in [3.63, 3.8) is 0 Å². The number of anilines is 1. The van der Waals surface area contributed by atoms with Gasteiger partial charge in [0, 0.05) is 29.4 Å². The molecule has 0 bridgehead atoms. The number of imidazole rings is 1. The minimum atomic E-state index is 0.0901. The number of hydrogen-bond acceptors (Lipinski definition) is 8.